The van der Waals surface area contributed by atoms with E-state index in [0.717, 1.165) is 15.4 Å². The average molecular weight is 496 g/mol. The summed E-state index contributed by atoms with van der Waals surface area (Å²) in [5.41, 5.74) is 4.60. The van der Waals surface area contributed by atoms with Crippen molar-refractivity contribution in [3.8, 4) is 11.5 Å². The predicted octanol–water partition coefficient (Wildman–Crippen LogP) is 3.74. The highest BCUT2D eigenvalue weighted by Gasteiger charge is 2.30. The molecule has 0 bridgehead atoms. The number of aryl methyl sites for hydroxylation is 1. The second kappa shape index (κ2) is 12.1. The lowest BCUT2D eigenvalue weighted by Gasteiger charge is -2.23. The molecule has 184 valence electrons. The third-order valence-corrected chi connectivity index (χ3v) is 6.88. The number of benzene rings is 3. The first-order chi connectivity index (χ1) is 16.8. The van der Waals surface area contributed by atoms with Gasteiger partial charge in [0.2, 0.25) is 10.0 Å². The van der Waals surface area contributed by atoms with Crippen LogP contribution in [0.2, 0.25) is 0 Å². The minimum atomic E-state index is -4.08. The van der Waals surface area contributed by atoms with Gasteiger partial charge in [-0.05, 0) is 49.2 Å². The van der Waals surface area contributed by atoms with Crippen molar-refractivity contribution in [2.24, 2.45) is 5.10 Å². The normalized spacial score (nSPS) is 11.5. The highest BCUT2D eigenvalue weighted by atomic mass is 32.2. The smallest absolute Gasteiger partial charge is 0.255 e. The summed E-state index contributed by atoms with van der Waals surface area (Å²) in [5, 5.41) is 4.00. The lowest BCUT2D eigenvalue weighted by molar-refractivity contribution is -0.121. The monoisotopic (exact) mass is 495 g/mol. The molecule has 0 atom stereocenters. The SMILES string of the molecule is CCOc1ccccc1C=NNC(=O)CN(Cc1ccccc1)S(=O)(=O)c1cc(C)ccc1OC. The highest BCUT2D eigenvalue weighted by Crippen LogP contribution is 2.28. The topological polar surface area (TPSA) is 97.3 Å². The lowest BCUT2D eigenvalue weighted by atomic mass is 10.2. The van der Waals surface area contributed by atoms with Gasteiger partial charge in [-0.2, -0.15) is 9.41 Å². The van der Waals surface area contributed by atoms with Gasteiger partial charge in [0, 0.05) is 12.1 Å². The number of nitrogens with one attached hydrogen (secondary N) is 1. The van der Waals surface area contributed by atoms with E-state index < -0.39 is 22.5 Å². The van der Waals surface area contributed by atoms with Crippen LogP contribution in [0.4, 0.5) is 0 Å². The van der Waals surface area contributed by atoms with Gasteiger partial charge >= 0.3 is 0 Å². The Morgan fingerprint density at radius 1 is 1.03 bits per heavy atom. The third kappa shape index (κ3) is 6.91. The van der Waals surface area contributed by atoms with Gasteiger partial charge < -0.3 is 9.47 Å². The molecule has 35 heavy (non-hydrogen) atoms. The molecule has 3 aromatic rings. The Balaban J connectivity index is 1.84. The molecule has 0 saturated heterocycles. The van der Waals surface area contributed by atoms with Crippen LogP contribution in [0, 0.1) is 6.92 Å². The Hall–Kier alpha value is -3.69. The second-order valence-electron chi connectivity index (χ2n) is 7.68. The summed E-state index contributed by atoms with van der Waals surface area (Å²) >= 11 is 0. The fourth-order valence-corrected chi connectivity index (χ4v) is 5.01. The molecule has 3 rings (SSSR count). The van der Waals surface area contributed by atoms with E-state index in [0.29, 0.717) is 17.9 Å². The molecule has 0 aliphatic heterocycles. The number of para-hydroxylation sites is 1. The maximum Gasteiger partial charge on any atom is 0.255 e. The zero-order chi connectivity index (χ0) is 25.3. The highest BCUT2D eigenvalue weighted by molar-refractivity contribution is 7.89. The standard InChI is InChI=1S/C26H29N3O5S/c1-4-34-23-13-9-8-12-22(23)17-27-28-26(30)19-29(18-21-10-6-5-7-11-21)35(31,32)25-16-20(2)14-15-24(25)33-3/h5-17H,4,18-19H2,1-3H3,(H,28,30). The van der Waals surface area contributed by atoms with Crippen molar-refractivity contribution in [2.45, 2.75) is 25.3 Å². The van der Waals surface area contributed by atoms with Gasteiger partial charge in [0.25, 0.3) is 5.91 Å². The van der Waals surface area contributed by atoms with Gasteiger partial charge in [-0.1, -0.05) is 48.5 Å². The summed E-state index contributed by atoms with van der Waals surface area (Å²) in [7, 11) is -2.67. The number of amides is 1. The zero-order valence-electron chi connectivity index (χ0n) is 20.0. The fourth-order valence-electron chi connectivity index (χ4n) is 3.38. The number of carbonyl (C=O) groups excluding carboxylic acids is 1. The van der Waals surface area contributed by atoms with Crippen LogP contribution in [0.5, 0.6) is 11.5 Å². The van der Waals surface area contributed by atoms with Crippen molar-refractivity contribution in [2.75, 3.05) is 20.3 Å². The second-order valence-corrected chi connectivity index (χ2v) is 9.58. The van der Waals surface area contributed by atoms with Crippen LogP contribution in [0.15, 0.2) is 82.8 Å². The fraction of sp³-hybridized carbons (Fsp3) is 0.231. The van der Waals surface area contributed by atoms with E-state index in [9.17, 15) is 13.2 Å². The molecule has 8 nitrogen and oxygen atoms in total. The van der Waals surface area contributed by atoms with Crippen LogP contribution in [0.1, 0.15) is 23.6 Å². The number of hydrazone groups is 1. The first-order valence-corrected chi connectivity index (χ1v) is 12.5. The molecule has 0 saturated carbocycles. The Bertz CT molecular complexity index is 1280. The maximum atomic E-state index is 13.6. The number of methoxy groups -OCH3 is 1. The molecule has 0 heterocycles. The molecule has 3 aromatic carbocycles. The van der Waals surface area contributed by atoms with Crippen molar-refractivity contribution in [3.05, 3.63) is 89.5 Å². The maximum absolute atomic E-state index is 13.6. The number of rotatable bonds is 11. The van der Waals surface area contributed by atoms with Crippen molar-refractivity contribution in [1.29, 1.82) is 0 Å². The van der Waals surface area contributed by atoms with E-state index in [-0.39, 0.29) is 17.2 Å². The van der Waals surface area contributed by atoms with E-state index in [4.69, 9.17) is 9.47 Å². The van der Waals surface area contributed by atoms with Gasteiger partial charge in [0.05, 0.1) is 26.5 Å². The molecular weight excluding hydrogens is 466 g/mol. The number of carbonyl (C=O) groups is 1. The largest absolute Gasteiger partial charge is 0.495 e. The summed E-state index contributed by atoms with van der Waals surface area (Å²) in [5.74, 6) is 0.258. The molecule has 0 spiro atoms. The van der Waals surface area contributed by atoms with Crippen LogP contribution in [-0.2, 0) is 21.4 Å². The average Bonchev–Trinajstić information content (AvgIpc) is 2.85. The third-order valence-electron chi connectivity index (χ3n) is 5.07. The van der Waals surface area contributed by atoms with E-state index in [2.05, 4.69) is 10.5 Å². The molecule has 0 fully saturated rings. The van der Waals surface area contributed by atoms with Crippen LogP contribution < -0.4 is 14.9 Å². The Labute approximate surface area is 206 Å². The minimum absolute atomic E-state index is 0.00197. The number of hydrogen-bond acceptors (Lipinski definition) is 6. The first kappa shape index (κ1) is 25.9. The summed E-state index contributed by atoms with van der Waals surface area (Å²) < 4.78 is 39.2. The summed E-state index contributed by atoms with van der Waals surface area (Å²) in [6.45, 7) is 3.73. The Morgan fingerprint density at radius 3 is 2.46 bits per heavy atom. The molecule has 0 aliphatic carbocycles. The van der Waals surface area contributed by atoms with E-state index in [1.807, 2.05) is 37.3 Å². The number of ether oxygens (including phenoxy) is 2. The van der Waals surface area contributed by atoms with Crippen molar-refractivity contribution in [3.63, 3.8) is 0 Å². The Kier molecular flexibility index (Phi) is 8.99. The molecule has 9 heteroatoms. The van der Waals surface area contributed by atoms with E-state index in [1.165, 1.54) is 19.4 Å². The predicted molar refractivity (Wildman–Crippen MR) is 135 cm³/mol. The molecule has 0 aromatic heterocycles. The summed E-state index contributed by atoms with van der Waals surface area (Å²) in [4.78, 5) is 12.7. The molecule has 0 radical (unpaired) electrons. The van der Waals surface area contributed by atoms with Crippen molar-refractivity contribution in [1.82, 2.24) is 9.73 Å². The van der Waals surface area contributed by atoms with Gasteiger partial charge in [0.1, 0.15) is 16.4 Å². The van der Waals surface area contributed by atoms with Gasteiger partial charge in [-0.15, -0.1) is 0 Å². The quantitative estimate of drug-likeness (QED) is 0.323. The number of sulfonamides is 1. The molecule has 1 amide bonds. The number of nitrogens with zero attached hydrogens (tertiary/aromatic N) is 2. The zero-order valence-corrected chi connectivity index (χ0v) is 20.8. The van der Waals surface area contributed by atoms with Crippen molar-refractivity contribution < 1.29 is 22.7 Å². The van der Waals surface area contributed by atoms with Crippen LogP contribution >= 0.6 is 0 Å². The van der Waals surface area contributed by atoms with E-state index in [1.54, 1.807) is 43.3 Å². The first-order valence-electron chi connectivity index (χ1n) is 11.1. The molecule has 1 N–H and O–H groups in total. The van der Waals surface area contributed by atoms with Gasteiger partial charge in [-0.25, -0.2) is 13.8 Å². The summed E-state index contributed by atoms with van der Waals surface area (Å²) in [6.07, 6.45) is 1.46. The summed E-state index contributed by atoms with van der Waals surface area (Å²) in [6, 6.07) is 21.2. The molecule has 0 aliphatic rings. The number of hydrogen-bond donors (Lipinski definition) is 1. The molecule has 0 unspecified atom stereocenters. The van der Waals surface area contributed by atoms with Crippen molar-refractivity contribution >= 4 is 22.1 Å². The van der Waals surface area contributed by atoms with E-state index >= 15 is 0 Å². The van der Waals surface area contributed by atoms with Crippen LogP contribution in [0.3, 0.4) is 0 Å². The van der Waals surface area contributed by atoms with Crippen LogP contribution in [0.25, 0.3) is 0 Å². The molecular formula is C26H29N3O5S. The minimum Gasteiger partial charge on any atom is -0.495 e. The van der Waals surface area contributed by atoms with Crippen LogP contribution in [-0.4, -0.2) is 45.1 Å². The Morgan fingerprint density at radius 2 is 1.74 bits per heavy atom. The van der Waals surface area contributed by atoms with Gasteiger partial charge in [0.15, 0.2) is 0 Å². The van der Waals surface area contributed by atoms with Gasteiger partial charge in [-0.3, -0.25) is 4.79 Å². The lowest BCUT2D eigenvalue weighted by Crippen LogP contribution is -2.39.